The topological polar surface area (TPSA) is 34.1 Å². The summed E-state index contributed by atoms with van der Waals surface area (Å²) in [5, 5.41) is 1.27. The Labute approximate surface area is 56.5 Å². The van der Waals surface area contributed by atoms with Crippen LogP contribution in [0.2, 0.25) is 0 Å². The molecule has 0 radical (unpaired) electrons. The molecule has 0 N–H and O–H groups in total. The zero-order chi connectivity index (χ0) is 7.33. The van der Waals surface area contributed by atoms with Crippen LogP contribution in [0.25, 0.3) is 0 Å². The van der Waals surface area contributed by atoms with E-state index in [4.69, 9.17) is 0 Å². The third-order valence-corrected chi connectivity index (χ3v) is 2.35. The predicted molar refractivity (Wildman–Crippen MR) is 38.9 cm³/mol. The maximum Gasteiger partial charge on any atom is 0.171 e. The summed E-state index contributed by atoms with van der Waals surface area (Å²) in [7, 11) is -2.86. The Balaban J connectivity index is 4.04. The van der Waals surface area contributed by atoms with Gasteiger partial charge in [0.25, 0.3) is 0 Å². The summed E-state index contributed by atoms with van der Waals surface area (Å²) in [4.78, 5) is 0. The molecule has 0 aliphatic rings. The minimum absolute atomic E-state index is 0.198. The lowest BCUT2D eigenvalue weighted by molar-refractivity contribution is 0.605. The minimum Gasteiger partial charge on any atom is -0.224 e. The van der Waals surface area contributed by atoms with Crippen LogP contribution in [-0.2, 0) is 9.84 Å². The van der Waals surface area contributed by atoms with Crippen LogP contribution in [-0.4, -0.2) is 14.2 Å². The van der Waals surface area contributed by atoms with Crippen molar-refractivity contribution in [1.82, 2.24) is 0 Å². The van der Waals surface area contributed by atoms with Gasteiger partial charge in [0.2, 0.25) is 0 Å². The van der Waals surface area contributed by atoms with Crippen molar-refractivity contribution in [3.05, 3.63) is 11.5 Å². The Hall–Kier alpha value is -0.310. The van der Waals surface area contributed by atoms with Crippen molar-refractivity contribution in [2.75, 3.05) is 5.75 Å². The average molecular weight is 148 g/mol. The van der Waals surface area contributed by atoms with Crippen molar-refractivity contribution in [3.63, 3.8) is 0 Å². The third-order valence-electron chi connectivity index (χ3n) is 0.942. The zero-order valence-corrected chi connectivity index (χ0v) is 6.61. The first-order valence-electron chi connectivity index (χ1n) is 3.01. The van der Waals surface area contributed by atoms with Gasteiger partial charge in [-0.05, 0) is 6.42 Å². The lowest BCUT2D eigenvalue weighted by Crippen LogP contribution is -1.96. The van der Waals surface area contributed by atoms with Gasteiger partial charge in [-0.2, -0.15) is 0 Å². The van der Waals surface area contributed by atoms with E-state index in [0.29, 0.717) is 0 Å². The smallest absolute Gasteiger partial charge is 0.171 e. The van der Waals surface area contributed by atoms with Crippen LogP contribution in [0, 0.1) is 0 Å². The molecule has 0 bridgehead atoms. The van der Waals surface area contributed by atoms with Crippen LogP contribution in [0.3, 0.4) is 0 Å². The molecule has 0 aliphatic carbocycles. The second-order valence-electron chi connectivity index (χ2n) is 1.73. The Morgan fingerprint density at radius 3 is 2.22 bits per heavy atom. The maximum atomic E-state index is 10.7. The highest BCUT2D eigenvalue weighted by molar-refractivity contribution is 7.94. The van der Waals surface area contributed by atoms with E-state index in [1.807, 2.05) is 6.92 Å². The number of rotatable bonds is 3. The van der Waals surface area contributed by atoms with Gasteiger partial charge in [-0.25, -0.2) is 8.42 Å². The molecule has 9 heavy (non-hydrogen) atoms. The van der Waals surface area contributed by atoms with Gasteiger partial charge in [-0.3, -0.25) is 0 Å². The van der Waals surface area contributed by atoms with E-state index >= 15 is 0 Å². The van der Waals surface area contributed by atoms with E-state index in [-0.39, 0.29) is 5.75 Å². The van der Waals surface area contributed by atoms with Crippen molar-refractivity contribution in [2.24, 2.45) is 0 Å². The summed E-state index contributed by atoms with van der Waals surface area (Å²) < 4.78 is 21.3. The second kappa shape index (κ2) is 3.67. The Morgan fingerprint density at radius 2 is 1.89 bits per heavy atom. The molecule has 0 aromatic heterocycles. The molecule has 0 saturated carbocycles. The molecule has 0 amide bonds. The van der Waals surface area contributed by atoms with Gasteiger partial charge in [0, 0.05) is 5.41 Å². The highest BCUT2D eigenvalue weighted by Crippen LogP contribution is 1.92. The molecule has 3 heteroatoms. The van der Waals surface area contributed by atoms with Crippen LogP contribution in [0.5, 0.6) is 0 Å². The SMILES string of the molecule is CC/C=C/S(=O)(=O)CC. The van der Waals surface area contributed by atoms with Crippen molar-refractivity contribution in [3.8, 4) is 0 Å². The lowest BCUT2D eigenvalue weighted by atomic mass is 10.5. The molecule has 0 heterocycles. The van der Waals surface area contributed by atoms with Crippen molar-refractivity contribution in [1.29, 1.82) is 0 Å². The summed E-state index contributed by atoms with van der Waals surface area (Å²) in [5.74, 6) is 0.198. The molecule has 0 aromatic rings. The fraction of sp³-hybridized carbons (Fsp3) is 0.667. The first kappa shape index (κ1) is 8.69. The monoisotopic (exact) mass is 148 g/mol. The van der Waals surface area contributed by atoms with Gasteiger partial charge < -0.3 is 0 Å². The van der Waals surface area contributed by atoms with Crippen LogP contribution in [0.15, 0.2) is 11.5 Å². The molecule has 0 rings (SSSR count). The highest BCUT2D eigenvalue weighted by Gasteiger charge is 1.97. The molecule has 54 valence electrons. The first-order chi connectivity index (χ1) is 4.12. The van der Waals surface area contributed by atoms with E-state index in [0.717, 1.165) is 6.42 Å². The molecule has 2 nitrogen and oxygen atoms in total. The fourth-order valence-corrected chi connectivity index (χ4v) is 1.02. The van der Waals surface area contributed by atoms with Crippen molar-refractivity contribution >= 4 is 9.84 Å². The van der Waals surface area contributed by atoms with Crippen LogP contribution in [0.4, 0.5) is 0 Å². The Morgan fingerprint density at radius 1 is 1.33 bits per heavy atom. The number of hydrogen-bond donors (Lipinski definition) is 0. The van der Waals surface area contributed by atoms with E-state index in [9.17, 15) is 8.42 Å². The second-order valence-corrected chi connectivity index (χ2v) is 3.91. The van der Waals surface area contributed by atoms with E-state index in [1.165, 1.54) is 5.41 Å². The summed E-state index contributed by atoms with van der Waals surface area (Å²) in [6.45, 7) is 3.54. The number of hydrogen-bond acceptors (Lipinski definition) is 2. The predicted octanol–water partition coefficient (Wildman–Crippen LogP) is 1.34. The molecule has 0 aliphatic heterocycles. The molecule has 0 spiro atoms. The van der Waals surface area contributed by atoms with Gasteiger partial charge in [-0.1, -0.05) is 19.9 Å². The van der Waals surface area contributed by atoms with Crippen LogP contribution < -0.4 is 0 Å². The summed E-state index contributed by atoms with van der Waals surface area (Å²) in [5.41, 5.74) is 0. The Bertz CT molecular complexity index is 177. The first-order valence-corrected chi connectivity index (χ1v) is 4.73. The molecule has 0 fully saturated rings. The summed E-state index contributed by atoms with van der Waals surface area (Å²) in [6, 6.07) is 0. The van der Waals surface area contributed by atoms with Gasteiger partial charge >= 0.3 is 0 Å². The maximum absolute atomic E-state index is 10.7. The van der Waals surface area contributed by atoms with Crippen LogP contribution in [0.1, 0.15) is 20.3 Å². The standard InChI is InChI=1S/C6H12O2S/c1-3-5-6-9(7,8)4-2/h5-6H,3-4H2,1-2H3/b6-5+. The molecule has 0 atom stereocenters. The Kier molecular flexibility index (Phi) is 3.54. The minimum atomic E-state index is -2.86. The largest absolute Gasteiger partial charge is 0.224 e. The quantitative estimate of drug-likeness (QED) is 0.605. The van der Waals surface area contributed by atoms with Crippen molar-refractivity contribution in [2.45, 2.75) is 20.3 Å². The molecular formula is C6H12O2S. The van der Waals surface area contributed by atoms with Gasteiger partial charge in [0.15, 0.2) is 9.84 Å². The molecular weight excluding hydrogens is 136 g/mol. The molecule has 0 unspecified atom stereocenters. The fourth-order valence-electron chi connectivity index (χ4n) is 0.339. The number of allylic oxidation sites excluding steroid dienone is 1. The summed E-state index contributed by atoms with van der Waals surface area (Å²) >= 11 is 0. The average Bonchev–Trinajstić information content (AvgIpc) is 1.84. The highest BCUT2D eigenvalue weighted by atomic mass is 32.2. The van der Waals surface area contributed by atoms with Crippen molar-refractivity contribution < 1.29 is 8.42 Å². The van der Waals surface area contributed by atoms with Gasteiger partial charge in [-0.15, -0.1) is 0 Å². The number of sulfone groups is 1. The molecule has 0 saturated heterocycles. The van der Waals surface area contributed by atoms with E-state index < -0.39 is 9.84 Å². The van der Waals surface area contributed by atoms with Crippen LogP contribution >= 0.6 is 0 Å². The summed E-state index contributed by atoms with van der Waals surface area (Å²) in [6.07, 6.45) is 2.43. The molecule has 0 aromatic carbocycles. The normalized spacial score (nSPS) is 12.7. The van der Waals surface area contributed by atoms with E-state index in [1.54, 1.807) is 13.0 Å². The van der Waals surface area contributed by atoms with E-state index in [2.05, 4.69) is 0 Å². The third kappa shape index (κ3) is 4.21. The zero-order valence-electron chi connectivity index (χ0n) is 5.79. The van der Waals surface area contributed by atoms with Gasteiger partial charge in [0.1, 0.15) is 0 Å². The lowest BCUT2D eigenvalue weighted by Gasteiger charge is -1.87. The van der Waals surface area contributed by atoms with Gasteiger partial charge in [0.05, 0.1) is 5.75 Å².